The van der Waals surface area contributed by atoms with E-state index in [2.05, 4.69) is 31.7 Å². The first-order valence-electron chi connectivity index (χ1n) is 11.1. The predicted molar refractivity (Wildman–Crippen MR) is 138 cm³/mol. The third-order valence-electron chi connectivity index (χ3n) is 5.11. The molecular weight excluding hydrogens is 462 g/mol. The van der Waals surface area contributed by atoms with E-state index < -0.39 is 18.2 Å². The van der Waals surface area contributed by atoms with Crippen LogP contribution in [0.25, 0.3) is 22.6 Å². The lowest BCUT2D eigenvalue weighted by Crippen LogP contribution is -2.79. The van der Waals surface area contributed by atoms with Crippen molar-refractivity contribution in [3.8, 4) is 11.5 Å². The largest absolute Gasteiger partial charge is 0.453 e. The standard InChI is InChI=1S/C22H31N13O/c23-12-29-32-21(26)33-35(34-22(27,28)20(24)25)15-7-9-17-19(11-15)36-18-10-14(6-8-16(18)31-17)30-13-4-2-1-3-5-13/h1-11,20-21,29,32-34H,12,23-28H2/b30-14+. The van der Waals surface area contributed by atoms with E-state index in [0.717, 1.165) is 11.0 Å². The van der Waals surface area contributed by atoms with Gasteiger partial charge < -0.3 is 27.4 Å². The number of hydrogen-bond acceptors (Lipinski definition) is 14. The Labute approximate surface area is 206 Å². The third kappa shape index (κ3) is 6.17. The highest BCUT2D eigenvalue weighted by Gasteiger charge is 2.28. The van der Waals surface area contributed by atoms with E-state index >= 15 is 0 Å². The fourth-order valence-electron chi connectivity index (χ4n) is 3.24. The van der Waals surface area contributed by atoms with Gasteiger partial charge in [-0.1, -0.05) is 18.2 Å². The quantitative estimate of drug-likeness (QED) is 0.0656. The van der Waals surface area contributed by atoms with Gasteiger partial charge in [-0.2, -0.15) is 10.9 Å². The molecule has 36 heavy (non-hydrogen) atoms. The number of para-hydroxylation sites is 1. The summed E-state index contributed by atoms with van der Waals surface area (Å²) in [5.41, 5.74) is 49.4. The number of aromatic nitrogens is 1. The van der Waals surface area contributed by atoms with Crippen molar-refractivity contribution in [2.24, 2.45) is 39.4 Å². The van der Waals surface area contributed by atoms with Crippen LogP contribution in [0.1, 0.15) is 0 Å². The number of hydrogen-bond donors (Lipinski definition) is 10. The van der Waals surface area contributed by atoms with Crippen LogP contribution in [0.15, 0.2) is 76.1 Å². The number of fused-ring (bicyclic) bond motifs is 2. The van der Waals surface area contributed by atoms with Gasteiger partial charge in [0.05, 0.1) is 23.4 Å². The van der Waals surface area contributed by atoms with E-state index in [4.69, 9.17) is 38.8 Å². The Kier molecular flexibility index (Phi) is 7.82. The van der Waals surface area contributed by atoms with Crippen LogP contribution in [0.5, 0.6) is 0 Å². The average Bonchev–Trinajstić information content (AvgIpc) is 2.86. The van der Waals surface area contributed by atoms with Crippen molar-refractivity contribution in [3.63, 3.8) is 0 Å². The Morgan fingerprint density at radius 2 is 1.78 bits per heavy atom. The summed E-state index contributed by atoms with van der Waals surface area (Å²) in [4.78, 5) is 9.31. The van der Waals surface area contributed by atoms with E-state index in [1.807, 2.05) is 48.5 Å². The van der Waals surface area contributed by atoms with Gasteiger partial charge in [0.2, 0.25) is 0 Å². The van der Waals surface area contributed by atoms with Gasteiger partial charge in [-0.15, -0.1) is 0 Å². The van der Waals surface area contributed by atoms with E-state index in [1.54, 1.807) is 18.2 Å². The van der Waals surface area contributed by atoms with Crippen molar-refractivity contribution in [2.75, 3.05) is 11.8 Å². The highest BCUT2D eigenvalue weighted by molar-refractivity contribution is 5.80. The summed E-state index contributed by atoms with van der Waals surface area (Å²) in [6, 6.07) is 20.5. The second kappa shape index (κ2) is 11.0. The molecule has 190 valence electrons. The molecule has 0 saturated heterocycles. The number of hydrazine groups is 3. The van der Waals surface area contributed by atoms with Crippen molar-refractivity contribution in [1.82, 2.24) is 26.7 Å². The number of nitrogens with one attached hydrogen (secondary N) is 4. The lowest BCUT2D eigenvalue weighted by molar-refractivity contribution is 0.242. The number of benzene rings is 3. The van der Waals surface area contributed by atoms with Crippen LogP contribution in [0.4, 0.5) is 11.4 Å². The smallest absolute Gasteiger partial charge is 0.165 e. The first-order chi connectivity index (χ1) is 17.2. The Morgan fingerprint density at radius 3 is 2.50 bits per heavy atom. The van der Waals surface area contributed by atoms with Gasteiger partial charge in [-0.05, 0) is 36.4 Å². The van der Waals surface area contributed by atoms with Gasteiger partial charge in [-0.3, -0.25) is 11.5 Å². The van der Waals surface area contributed by atoms with Crippen LogP contribution in [0, 0.1) is 0 Å². The Hall–Kier alpha value is -3.54. The first-order valence-corrected chi connectivity index (χ1v) is 11.1. The van der Waals surface area contributed by atoms with Crippen LogP contribution < -0.4 is 66.6 Å². The molecule has 1 unspecified atom stereocenters. The molecule has 4 rings (SSSR count). The highest BCUT2D eigenvalue weighted by Crippen LogP contribution is 2.26. The average molecular weight is 494 g/mol. The SMILES string of the molecule is NCNNC(N)NN(NC(N)(N)C(N)N)c1ccc2nc3cc/c(=N\c4ccccc4)cc-3oc2c1. The van der Waals surface area contributed by atoms with E-state index in [-0.39, 0.29) is 6.67 Å². The normalized spacial score (nSPS) is 13.6. The topological polar surface area (TPSA) is 246 Å². The molecule has 1 aliphatic carbocycles. The van der Waals surface area contributed by atoms with Crippen LogP contribution in [-0.2, 0) is 0 Å². The molecule has 0 spiro atoms. The van der Waals surface area contributed by atoms with Crippen LogP contribution in [0.2, 0.25) is 0 Å². The maximum atomic E-state index is 6.17. The summed E-state index contributed by atoms with van der Waals surface area (Å²) in [6.07, 6.45) is -1.91. The van der Waals surface area contributed by atoms with E-state index in [9.17, 15) is 0 Å². The molecule has 0 amide bonds. The lowest BCUT2D eigenvalue weighted by Gasteiger charge is -2.38. The van der Waals surface area contributed by atoms with Gasteiger partial charge in [-0.25, -0.2) is 25.9 Å². The van der Waals surface area contributed by atoms with E-state index in [1.165, 1.54) is 5.12 Å². The summed E-state index contributed by atoms with van der Waals surface area (Å²) >= 11 is 0. The maximum Gasteiger partial charge on any atom is 0.165 e. The van der Waals surface area contributed by atoms with E-state index in [0.29, 0.717) is 28.2 Å². The van der Waals surface area contributed by atoms with Crippen LogP contribution >= 0.6 is 0 Å². The molecule has 0 radical (unpaired) electrons. The molecule has 2 aliphatic rings. The van der Waals surface area contributed by atoms with Gasteiger partial charge in [0, 0.05) is 12.1 Å². The second-order valence-corrected chi connectivity index (χ2v) is 8.00. The summed E-state index contributed by atoms with van der Waals surface area (Å²) in [5.74, 6) is -1.12. The molecule has 16 N–H and O–H groups in total. The summed E-state index contributed by atoms with van der Waals surface area (Å²) in [6.45, 7) is 0.153. The van der Waals surface area contributed by atoms with Gasteiger partial charge in [0.1, 0.15) is 23.7 Å². The minimum Gasteiger partial charge on any atom is -0.453 e. The molecular formula is C22H31N13O. The highest BCUT2D eigenvalue weighted by atomic mass is 16.3. The molecule has 0 saturated carbocycles. The molecule has 1 atom stereocenters. The fraction of sp³-hybridized carbons (Fsp3) is 0.182. The number of anilines is 1. The Morgan fingerprint density at radius 1 is 1.00 bits per heavy atom. The van der Waals surface area contributed by atoms with Crippen LogP contribution in [-0.4, -0.2) is 29.9 Å². The fourth-order valence-corrected chi connectivity index (χ4v) is 3.24. The van der Waals surface area contributed by atoms with Crippen molar-refractivity contribution < 1.29 is 4.42 Å². The third-order valence-corrected chi connectivity index (χ3v) is 5.11. The van der Waals surface area contributed by atoms with Crippen molar-refractivity contribution in [1.29, 1.82) is 0 Å². The zero-order chi connectivity index (χ0) is 25.7. The van der Waals surface area contributed by atoms with Gasteiger partial charge in [0.25, 0.3) is 0 Å². The Bertz CT molecular complexity index is 1320. The summed E-state index contributed by atoms with van der Waals surface area (Å²) in [7, 11) is 0. The van der Waals surface area contributed by atoms with Crippen molar-refractivity contribution in [3.05, 3.63) is 72.1 Å². The van der Waals surface area contributed by atoms with Crippen molar-refractivity contribution in [2.45, 2.75) is 18.2 Å². The predicted octanol–water partition coefficient (Wildman–Crippen LogP) is -1.95. The molecule has 0 aromatic heterocycles. The second-order valence-electron chi connectivity index (χ2n) is 8.00. The Balaban J connectivity index is 1.71. The molecule has 1 aliphatic heterocycles. The number of rotatable bonds is 10. The zero-order valence-electron chi connectivity index (χ0n) is 19.4. The monoisotopic (exact) mass is 493 g/mol. The lowest BCUT2D eigenvalue weighted by atomic mass is 10.2. The molecule has 0 fully saturated rings. The number of nitrogens with two attached hydrogens (primary N) is 6. The molecule has 0 bridgehead atoms. The summed E-state index contributed by atoms with van der Waals surface area (Å²) < 4.78 is 6.17. The zero-order valence-corrected chi connectivity index (χ0v) is 19.4. The summed E-state index contributed by atoms with van der Waals surface area (Å²) in [5, 5.41) is 2.11. The van der Waals surface area contributed by atoms with Gasteiger partial charge >= 0.3 is 0 Å². The first kappa shape index (κ1) is 25.5. The van der Waals surface area contributed by atoms with Crippen LogP contribution in [0.3, 0.4) is 0 Å². The van der Waals surface area contributed by atoms with Gasteiger partial charge in [0.15, 0.2) is 17.1 Å². The minimum atomic E-state index is -1.68. The maximum absolute atomic E-state index is 6.17. The molecule has 14 nitrogen and oxygen atoms in total. The molecule has 2 aromatic carbocycles. The minimum absolute atomic E-state index is 0.153. The van der Waals surface area contributed by atoms with Crippen molar-refractivity contribution >= 4 is 22.5 Å². The number of nitrogens with zero attached hydrogens (tertiary/aromatic N) is 3. The molecule has 1 heterocycles. The molecule has 14 heteroatoms. The molecule has 2 aromatic rings.